The number of nitrogens with zero attached hydrogens (tertiary/aromatic N) is 2. The van der Waals surface area contributed by atoms with Crippen LogP contribution in [0.1, 0.15) is 44.6 Å². The van der Waals surface area contributed by atoms with Gasteiger partial charge in [0.15, 0.2) is 0 Å². The van der Waals surface area contributed by atoms with E-state index in [1.165, 1.54) is 38.5 Å². The summed E-state index contributed by atoms with van der Waals surface area (Å²) in [5, 5.41) is 3.15. The number of rotatable bonds is 2. The molecular formula is C11H19N3. The number of nitrogens with one attached hydrogen (secondary N) is 1. The second-order valence-corrected chi connectivity index (χ2v) is 4.05. The maximum Gasteiger partial charge on any atom is 0.202 e. The maximum atomic E-state index is 4.29. The van der Waals surface area contributed by atoms with Crippen LogP contribution in [-0.4, -0.2) is 16.6 Å². The lowest BCUT2D eigenvalue weighted by Gasteiger charge is -2.18. The van der Waals surface area contributed by atoms with Crippen molar-refractivity contribution in [1.82, 2.24) is 9.55 Å². The van der Waals surface area contributed by atoms with E-state index < -0.39 is 0 Å². The van der Waals surface area contributed by atoms with Crippen molar-refractivity contribution < 1.29 is 0 Å². The molecule has 1 aliphatic carbocycles. The molecule has 0 saturated heterocycles. The Morgan fingerprint density at radius 2 is 2.00 bits per heavy atom. The predicted molar refractivity (Wildman–Crippen MR) is 58.5 cm³/mol. The van der Waals surface area contributed by atoms with E-state index in [-0.39, 0.29) is 0 Å². The molecule has 0 amide bonds. The largest absolute Gasteiger partial charge is 0.359 e. The lowest BCUT2D eigenvalue weighted by Crippen LogP contribution is -2.10. The Balaban J connectivity index is 2.11. The SMILES string of the molecule is CNc1nccn1C1CCCCCC1. The highest BCUT2D eigenvalue weighted by molar-refractivity contribution is 5.25. The number of imidazole rings is 1. The normalized spacial score (nSPS) is 19.2. The fourth-order valence-electron chi connectivity index (χ4n) is 2.34. The Morgan fingerprint density at radius 3 is 2.64 bits per heavy atom. The van der Waals surface area contributed by atoms with Crippen LogP contribution in [0.2, 0.25) is 0 Å². The average molecular weight is 193 g/mol. The summed E-state index contributed by atoms with van der Waals surface area (Å²) >= 11 is 0. The zero-order valence-corrected chi connectivity index (χ0v) is 8.87. The predicted octanol–water partition coefficient (Wildman–Crippen LogP) is 2.82. The summed E-state index contributed by atoms with van der Waals surface area (Å²) in [4.78, 5) is 4.29. The monoisotopic (exact) mass is 193 g/mol. The third kappa shape index (κ3) is 1.91. The molecule has 1 N–H and O–H groups in total. The Bertz CT molecular complexity index is 272. The smallest absolute Gasteiger partial charge is 0.202 e. The minimum absolute atomic E-state index is 0.669. The molecule has 0 spiro atoms. The van der Waals surface area contributed by atoms with Crippen molar-refractivity contribution in [3.63, 3.8) is 0 Å². The maximum absolute atomic E-state index is 4.29. The first-order valence-electron chi connectivity index (χ1n) is 5.62. The Hall–Kier alpha value is -0.990. The lowest BCUT2D eigenvalue weighted by atomic mass is 10.1. The summed E-state index contributed by atoms with van der Waals surface area (Å²) < 4.78 is 2.30. The van der Waals surface area contributed by atoms with Crippen LogP contribution in [0, 0.1) is 0 Å². The van der Waals surface area contributed by atoms with Gasteiger partial charge in [-0.2, -0.15) is 0 Å². The molecule has 1 heterocycles. The standard InChI is InChI=1S/C11H19N3/c1-12-11-13-8-9-14(11)10-6-4-2-3-5-7-10/h8-10H,2-7H2,1H3,(H,12,13). The first-order valence-corrected chi connectivity index (χ1v) is 5.62. The van der Waals surface area contributed by atoms with E-state index in [0.717, 1.165) is 5.95 Å². The van der Waals surface area contributed by atoms with E-state index in [1.54, 1.807) is 0 Å². The second kappa shape index (κ2) is 4.49. The molecule has 14 heavy (non-hydrogen) atoms. The molecule has 0 aromatic carbocycles. The van der Waals surface area contributed by atoms with Crippen LogP contribution in [0.25, 0.3) is 0 Å². The van der Waals surface area contributed by atoms with Gasteiger partial charge in [-0.25, -0.2) is 4.98 Å². The first-order chi connectivity index (χ1) is 6.92. The second-order valence-electron chi connectivity index (χ2n) is 4.05. The van der Waals surface area contributed by atoms with Crippen LogP contribution in [0.5, 0.6) is 0 Å². The van der Waals surface area contributed by atoms with Gasteiger partial charge in [0.05, 0.1) is 0 Å². The number of hydrogen-bond acceptors (Lipinski definition) is 2. The van der Waals surface area contributed by atoms with Crippen LogP contribution in [0.15, 0.2) is 12.4 Å². The van der Waals surface area contributed by atoms with Crippen LogP contribution < -0.4 is 5.32 Å². The van der Waals surface area contributed by atoms with Crippen LogP contribution >= 0.6 is 0 Å². The van der Waals surface area contributed by atoms with E-state index in [9.17, 15) is 0 Å². The van der Waals surface area contributed by atoms with Crippen molar-refractivity contribution in [2.45, 2.75) is 44.6 Å². The molecule has 0 radical (unpaired) electrons. The van der Waals surface area contributed by atoms with E-state index in [4.69, 9.17) is 0 Å². The van der Waals surface area contributed by atoms with Crippen molar-refractivity contribution in [1.29, 1.82) is 0 Å². The highest BCUT2D eigenvalue weighted by atomic mass is 15.2. The van der Waals surface area contributed by atoms with Crippen LogP contribution in [-0.2, 0) is 0 Å². The molecule has 2 rings (SSSR count). The molecule has 0 aliphatic heterocycles. The van der Waals surface area contributed by atoms with E-state index >= 15 is 0 Å². The summed E-state index contributed by atoms with van der Waals surface area (Å²) in [7, 11) is 1.94. The van der Waals surface area contributed by atoms with Crippen molar-refractivity contribution in [2.24, 2.45) is 0 Å². The molecule has 3 nitrogen and oxygen atoms in total. The van der Waals surface area contributed by atoms with Crippen LogP contribution in [0.4, 0.5) is 5.95 Å². The lowest BCUT2D eigenvalue weighted by molar-refractivity contribution is 0.448. The van der Waals surface area contributed by atoms with Gasteiger partial charge in [-0.3, -0.25) is 0 Å². The third-order valence-corrected chi connectivity index (χ3v) is 3.11. The van der Waals surface area contributed by atoms with Crippen molar-refractivity contribution in [3.05, 3.63) is 12.4 Å². The van der Waals surface area contributed by atoms with Crippen LogP contribution in [0.3, 0.4) is 0 Å². The molecule has 1 aromatic heterocycles. The van der Waals surface area contributed by atoms with Gasteiger partial charge in [-0.05, 0) is 12.8 Å². The zero-order valence-electron chi connectivity index (χ0n) is 8.87. The van der Waals surface area contributed by atoms with Crippen molar-refractivity contribution in [2.75, 3.05) is 12.4 Å². The number of aromatic nitrogens is 2. The number of hydrogen-bond donors (Lipinski definition) is 1. The topological polar surface area (TPSA) is 29.9 Å². The van der Waals surface area contributed by atoms with Gasteiger partial charge in [0.1, 0.15) is 0 Å². The summed E-state index contributed by atoms with van der Waals surface area (Å²) in [5.41, 5.74) is 0. The summed E-state index contributed by atoms with van der Waals surface area (Å²) in [6.45, 7) is 0. The summed E-state index contributed by atoms with van der Waals surface area (Å²) in [6, 6.07) is 0.669. The van der Waals surface area contributed by atoms with Gasteiger partial charge >= 0.3 is 0 Å². The molecule has 3 heteroatoms. The zero-order chi connectivity index (χ0) is 9.80. The summed E-state index contributed by atoms with van der Waals surface area (Å²) in [6.07, 6.45) is 12.1. The molecule has 0 atom stereocenters. The minimum atomic E-state index is 0.669. The number of anilines is 1. The van der Waals surface area contributed by atoms with E-state index in [0.29, 0.717) is 6.04 Å². The highest BCUT2D eigenvalue weighted by Gasteiger charge is 2.15. The molecule has 0 bridgehead atoms. The van der Waals surface area contributed by atoms with Gasteiger partial charge < -0.3 is 9.88 Å². The summed E-state index contributed by atoms with van der Waals surface area (Å²) in [5.74, 6) is 1.01. The van der Waals surface area contributed by atoms with Gasteiger partial charge in [0, 0.05) is 25.5 Å². The van der Waals surface area contributed by atoms with Gasteiger partial charge in [-0.1, -0.05) is 25.7 Å². The minimum Gasteiger partial charge on any atom is -0.359 e. The molecule has 1 saturated carbocycles. The Labute approximate surface area is 85.5 Å². The average Bonchev–Trinajstić information content (AvgIpc) is 2.52. The fraction of sp³-hybridized carbons (Fsp3) is 0.727. The quantitative estimate of drug-likeness (QED) is 0.732. The van der Waals surface area contributed by atoms with Gasteiger partial charge in [-0.15, -0.1) is 0 Å². The Kier molecular flexibility index (Phi) is 3.07. The highest BCUT2D eigenvalue weighted by Crippen LogP contribution is 2.28. The van der Waals surface area contributed by atoms with E-state index in [1.807, 2.05) is 13.2 Å². The molecule has 1 aliphatic rings. The molecule has 78 valence electrons. The molecule has 1 fully saturated rings. The molecular weight excluding hydrogens is 174 g/mol. The fourth-order valence-corrected chi connectivity index (χ4v) is 2.34. The Morgan fingerprint density at radius 1 is 1.29 bits per heavy atom. The molecule has 1 aromatic rings. The molecule has 0 unspecified atom stereocenters. The van der Waals surface area contributed by atoms with E-state index in [2.05, 4.69) is 21.1 Å². The van der Waals surface area contributed by atoms with Gasteiger partial charge in [0.25, 0.3) is 0 Å². The third-order valence-electron chi connectivity index (χ3n) is 3.11. The van der Waals surface area contributed by atoms with Crippen molar-refractivity contribution >= 4 is 5.95 Å². The van der Waals surface area contributed by atoms with Gasteiger partial charge in [0.2, 0.25) is 5.95 Å². The van der Waals surface area contributed by atoms with Crippen molar-refractivity contribution in [3.8, 4) is 0 Å². The first kappa shape index (κ1) is 9.56.